The van der Waals surface area contributed by atoms with Gasteiger partial charge in [-0.2, -0.15) is 0 Å². The Balaban J connectivity index is 1.45. The summed E-state index contributed by atoms with van der Waals surface area (Å²) >= 11 is 0. The van der Waals surface area contributed by atoms with Crippen LogP contribution in [-0.2, 0) is 11.3 Å². The van der Waals surface area contributed by atoms with Crippen LogP contribution in [0.5, 0.6) is 0 Å². The van der Waals surface area contributed by atoms with Gasteiger partial charge < -0.3 is 9.64 Å². The van der Waals surface area contributed by atoms with E-state index in [4.69, 9.17) is 4.74 Å². The Labute approximate surface area is 226 Å². The fourth-order valence-electron chi connectivity index (χ4n) is 5.17. The molecule has 0 unspecified atom stereocenters. The number of benzene rings is 2. The summed E-state index contributed by atoms with van der Waals surface area (Å²) in [6.07, 6.45) is 0.692. The molecule has 2 aromatic heterocycles. The maximum absolute atomic E-state index is 13.8. The minimum Gasteiger partial charge on any atom is -0.462 e. The normalized spacial score (nSPS) is 14.1. The zero-order chi connectivity index (χ0) is 27.4. The quantitative estimate of drug-likeness (QED) is 0.325. The minimum atomic E-state index is -0.605. The van der Waals surface area contributed by atoms with Crippen LogP contribution in [0.3, 0.4) is 0 Å². The van der Waals surface area contributed by atoms with Gasteiger partial charge in [0, 0.05) is 44.1 Å². The first-order valence-electron chi connectivity index (χ1n) is 13.4. The van der Waals surface area contributed by atoms with Gasteiger partial charge >= 0.3 is 11.7 Å². The number of pyridine rings is 1. The lowest BCUT2D eigenvalue weighted by atomic mass is 10.1. The molecular weight excluding hydrogens is 494 g/mol. The van der Waals surface area contributed by atoms with E-state index >= 15 is 0 Å². The summed E-state index contributed by atoms with van der Waals surface area (Å²) in [6, 6.07) is 20.7. The molecular formula is C30H33N5O4. The molecule has 1 saturated heterocycles. The summed E-state index contributed by atoms with van der Waals surface area (Å²) in [4.78, 5) is 49.7. The van der Waals surface area contributed by atoms with Crippen LogP contribution in [0.15, 0.2) is 76.3 Å². The van der Waals surface area contributed by atoms with Gasteiger partial charge in [0.05, 0.1) is 23.2 Å². The zero-order valence-electron chi connectivity index (χ0n) is 22.4. The average Bonchev–Trinajstić information content (AvgIpc) is 2.96. The Morgan fingerprint density at radius 1 is 0.897 bits per heavy atom. The third kappa shape index (κ3) is 5.49. The molecule has 1 fully saturated rings. The Hall–Kier alpha value is -4.24. The number of piperazine rings is 1. The number of fused-ring (bicyclic) bond motifs is 1. The molecule has 1 aliphatic rings. The lowest BCUT2D eigenvalue weighted by molar-refractivity contribution is 0.0528. The molecule has 3 heterocycles. The summed E-state index contributed by atoms with van der Waals surface area (Å²) in [5, 5.41) is 0.0963. The third-order valence-electron chi connectivity index (χ3n) is 7.08. The van der Waals surface area contributed by atoms with E-state index in [0.717, 1.165) is 37.3 Å². The molecule has 1 aliphatic heterocycles. The summed E-state index contributed by atoms with van der Waals surface area (Å²) in [5.74, 6) is -0.605. The second kappa shape index (κ2) is 11.7. The third-order valence-corrected chi connectivity index (χ3v) is 7.08. The molecule has 0 bridgehead atoms. The van der Waals surface area contributed by atoms with E-state index in [0.29, 0.717) is 24.3 Å². The van der Waals surface area contributed by atoms with E-state index in [1.165, 1.54) is 10.3 Å². The molecule has 5 rings (SSSR count). The van der Waals surface area contributed by atoms with Crippen LogP contribution in [0, 0.1) is 6.92 Å². The number of aryl methyl sites for hydroxylation is 2. The van der Waals surface area contributed by atoms with Crippen LogP contribution in [0.25, 0.3) is 16.7 Å². The van der Waals surface area contributed by atoms with Gasteiger partial charge in [-0.15, -0.1) is 0 Å². The smallest absolute Gasteiger partial charge is 0.339 e. The first-order valence-corrected chi connectivity index (χ1v) is 13.4. The molecule has 0 radical (unpaired) electrons. The highest BCUT2D eigenvalue weighted by Crippen LogP contribution is 2.18. The highest BCUT2D eigenvalue weighted by Gasteiger charge is 2.23. The van der Waals surface area contributed by atoms with E-state index < -0.39 is 17.2 Å². The molecule has 202 valence electrons. The molecule has 0 saturated carbocycles. The van der Waals surface area contributed by atoms with Crippen molar-refractivity contribution in [3.63, 3.8) is 0 Å². The van der Waals surface area contributed by atoms with Crippen LogP contribution >= 0.6 is 0 Å². The van der Waals surface area contributed by atoms with Crippen molar-refractivity contribution in [1.29, 1.82) is 0 Å². The van der Waals surface area contributed by atoms with Crippen LogP contribution in [0.2, 0.25) is 0 Å². The number of hydrogen-bond donors (Lipinski definition) is 0. The largest absolute Gasteiger partial charge is 0.462 e. The van der Waals surface area contributed by atoms with Gasteiger partial charge in [-0.1, -0.05) is 36.4 Å². The molecule has 39 heavy (non-hydrogen) atoms. The molecule has 9 heteroatoms. The molecule has 0 spiro atoms. The van der Waals surface area contributed by atoms with E-state index in [1.807, 2.05) is 12.1 Å². The fraction of sp³-hybridized carbons (Fsp3) is 0.333. The van der Waals surface area contributed by atoms with Crippen molar-refractivity contribution < 1.29 is 9.53 Å². The molecule has 0 N–H and O–H groups in total. The standard InChI is InChI=1S/C30H33N5O4/c1-3-39-29(37)25-21-22(2)31-27-26(25)28(36)35(24-13-8-5-9-14-24)30(38)34(27)16-10-15-32-17-19-33(20-18-32)23-11-6-4-7-12-23/h4-9,11-14,21H,3,10,15-20H2,1-2H3. The summed E-state index contributed by atoms with van der Waals surface area (Å²) < 4.78 is 7.90. The van der Waals surface area contributed by atoms with Gasteiger partial charge in [-0.3, -0.25) is 14.3 Å². The van der Waals surface area contributed by atoms with E-state index in [2.05, 4.69) is 39.0 Å². The fourth-order valence-corrected chi connectivity index (χ4v) is 5.17. The number of carbonyl (C=O) groups is 1. The van der Waals surface area contributed by atoms with Crippen molar-refractivity contribution in [3.05, 3.63) is 98.8 Å². The van der Waals surface area contributed by atoms with Crippen molar-refractivity contribution in [2.24, 2.45) is 0 Å². The maximum Gasteiger partial charge on any atom is 0.339 e. The van der Waals surface area contributed by atoms with Gasteiger partial charge in [0.25, 0.3) is 5.56 Å². The predicted octanol–water partition coefficient (Wildman–Crippen LogP) is 3.24. The monoisotopic (exact) mass is 527 g/mol. The first-order chi connectivity index (χ1) is 19.0. The van der Waals surface area contributed by atoms with Crippen molar-refractivity contribution in [2.75, 3.05) is 44.2 Å². The van der Waals surface area contributed by atoms with E-state index in [1.54, 1.807) is 44.2 Å². The van der Waals surface area contributed by atoms with E-state index in [9.17, 15) is 14.4 Å². The molecule has 4 aromatic rings. The molecule has 2 aromatic carbocycles. The van der Waals surface area contributed by atoms with Crippen molar-refractivity contribution >= 4 is 22.7 Å². The minimum absolute atomic E-state index is 0.0963. The average molecular weight is 528 g/mol. The number of rotatable bonds is 8. The van der Waals surface area contributed by atoms with Crippen LogP contribution < -0.4 is 16.1 Å². The van der Waals surface area contributed by atoms with Crippen LogP contribution in [0.1, 0.15) is 29.4 Å². The summed E-state index contributed by atoms with van der Waals surface area (Å²) in [6.45, 7) is 8.53. The maximum atomic E-state index is 13.8. The van der Waals surface area contributed by atoms with E-state index in [-0.39, 0.29) is 23.2 Å². The van der Waals surface area contributed by atoms with Gasteiger partial charge in [-0.25, -0.2) is 19.1 Å². The number of nitrogens with zero attached hydrogens (tertiary/aromatic N) is 5. The number of hydrogen-bond acceptors (Lipinski definition) is 7. The predicted molar refractivity (Wildman–Crippen MR) is 152 cm³/mol. The second-order valence-corrected chi connectivity index (χ2v) is 9.66. The van der Waals surface area contributed by atoms with Crippen molar-refractivity contribution in [2.45, 2.75) is 26.8 Å². The lowest BCUT2D eigenvalue weighted by Gasteiger charge is -2.36. The highest BCUT2D eigenvalue weighted by molar-refractivity contribution is 6.02. The lowest BCUT2D eigenvalue weighted by Crippen LogP contribution is -2.47. The van der Waals surface area contributed by atoms with Crippen LogP contribution in [-0.4, -0.2) is 64.3 Å². The summed E-state index contributed by atoms with van der Waals surface area (Å²) in [7, 11) is 0. The summed E-state index contributed by atoms with van der Waals surface area (Å²) in [5.41, 5.74) is 1.50. The van der Waals surface area contributed by atoms with Gasteiger partial charge in [0.15, 0.2) is 5.65 Å². The molecule has 9 nitrogen and oxygen atoms in total. The van der Waals surface area contributed by atoms with Gasteiger partial charge in [0.1, 0.15) is 0 Å². The number of para-hydroxylation sites is 2. The number of aromatic nitrogens is 3. The Morgan fingerprint density at radius 3 is 2.18 bits per heavy atom. The molecule has 0 atom stereocenters. The first kappa shape index (κ1) is 26.4. The van der Waals surface area contributed by atoms with Gasteiger partial charge in [-0.05, 0) is 57.1 Å². The molecule has 0 aliphatic carbocycles. The number of carbonyl (C=O) groups excluding carboxylic acids is 1. The Morgan fingerprint density at radius 2 is 1.54 bits per heavy atom. The highest BCUT2D eigenvalue weighted by atomic mass is 16.5. The second-order valence-electron chi connectivity index (χ2n) is 9.66. The topological polar surface area (TPSA) is 89.7 Å². The zero-order valence-corrected chi connectivity index (χ0v) is 22.4. The van der Waals surface area contributed by atoms with Crippen molar-refractivity contribution in [3.8, 4) is 5.69 Å². The Kier molecular flexibility index (Phi) is 7.88. The van der Waals surface area contributed by atoms with Gasteiger partial charge in [0.2, 0.25) is 0 Å². The SMILES string of the molecule is CCOC(=O)c1cc(C)nc2c1c(=O)n(-c1ccccc1)c(=O)n2CCCN1CCN(c2ccccc2)CC1. The molecule has 0 amide bonds. The number of ether oxygens (including phenoxy) is 1. The van der Waals surface area contributed by atoms with Crippen molar-refractivity contribution in [1.82, 2.24) is 19.0 Å². The number of anilines is 1. The Bertz CT molecular complexity index is 1570. The van der Waals surface area contributed by atoms with Crippen LogP contribution in [0.4, 0.5) is 5.69 Å². The number of esters is 1.